The Morgan fingerprint density at radius 3 is 2.57 bits per heavy atom. The minimum absolute atomic E-state index is 0.114. The molecule has 0 heterocycles. The zero-order valence-corrected chi connectivity index (χ0v) is 13.4. The van der Waals surface area contributed by atoms with Crippen LogP contribution in [-0.2, 0) is 11.2 Å². The van der Waals surface area contributed by atoms with Crippen molar-refractivity contribution in [3.8, 4) is 0 Å². The fourth-order valence-corrected chi connectivity index (χ4v) is 3.25. The van der Waals surface area contributed by atoms with Crippen molar-refractivity contribution in [1.82, 2.24) is 5.32 Å². The Bertz CT molecular complexity index is 498. The number of thiocarbonyl (C=S) groups is 1. The number of rotatable bonds is 5. The monoisotopic (exact) mass is 304 g/mol. The quantitative estimate of drug-likeness (QED) is 0.822. The Labute approximate surface area is 132 Å². The largest absolute Gasteiger partial charge is 0.389 e. The number of hydrogen-bond donors (Lipinski definition) is 2. The van der Waals surface area contributed by atoms with E-state index in [9.17, 15) is 4.79 Å². The first-order valence-corrected chi connectivity index (χ1v) is 8.19. The molecule has 4 heteroatoms. The molecule has 0 saturated heterocycles. The van der Waals surface area contributed by atoms with Gasteiger partial charge in [0.2, 0.25) is 5.91 Å². The number of hydrogen-bond acceptors (Lipinski definition) is 2. The number of carbonyl (C=O) groups excluding carboxylic acids is 1. The summed E-state index contributed by atoms with van der Waals surface area (Å²) in [6.07, 6.45) is 6.45. The summed E-state index contributed by atoms with van der Waals surface area (Å²) in [5.41, 5.74) is 7.41. The molecule has 0 spiro atoms. The van der Waals surface area contributed by atoms with Gasteiger partial charge in [-0.2, -0.15) is 0 Å². The summed E-state index contributed by atoms with van der Waals surface area (Å²) in [5.74, 6) is 0.753. The molecule has 1 aromatic carbocycles. The van der Waals surface area contributed by atoms with Crippen LogP contribution in [0.15, 0.2) is 24.3 Å². The average Bonchev–Trinajstić information content (AvgIpc) is 2.48. The van der Waals surface area contributed by atoms with Gasteiger partial charge in [0.15, 0.2) is 0 Å². The molecule has 2 atom stereocenters. The second-order valence-electron chi connectivity index (χ2n) is 5.86. The molecule has 0 bridgehead atoms. The van der Waals surface area contributed by atoms with Gasteiger partial charge in [0.1, 0.15) is 4.99 Å². The van der Waals surface area contributed by atoms with Gasteiger partial charge in [-0.25, -0.2) is 0 Å². The van der Waals surface area contributed by atoms with Crippen LogP contribution in [0.4, 0.5) is 0 Å². The molecule has 1 aliphatic carbocycles. The molecular formula is C17H24N2OS. The highest BCUT2D eigenvalue weighted by Gasteiger charge is 2.24. The molecule has 1 aliphatic rings. The molecule has 3 nitrogen and oxygen atoms in total. The van der Waals surface area contributed by atoms with Gasteiger partial charge in [-0.05, 0) is 24.3 Å². The summed E-state index contributed by atoms with van der Waals surface area (Å²) in [4.78, 5) is 12.6. The zero-order valence-electron chi connectivity index (χ0n) is 12.6. The SMILES string of the molecule is CCC1CCCCC1NC(=O)Cc1ccc(C(N)=S)cc1. The minimum Gasteiger partial charge on any atom is -0.389 e. The van der Waals surface area contributed by atoms with Crippen LogP contribution >= 0.6 is 12.2 Å². The van der Waals surface area contributed by atoms with Crippen molar-refractivity contribution in [3.63, 3.8) is 0 Å². The van der Waals surface area contributed by atoms with Crippen molar-refractivity contribution >= 4 is 23.1 Å². The van der Waals surface area contributed by atoms with Gasteiger partial charge >= 0.3 is 0 Å². The molecule has 1 aromatic rings. The lowest BCUT2D eigenvalue weighted by Gasteiger charge is -2.31. The lowest BCUT2D eigenvalue weighted by Crippen LogP contribution is -2.42. The van der Waals surface area contributed by atoms with E-state index in [0.717, 1.165) is 24.0 Å². The van der Waals surface area contributed by atoms with Gasteiger partial charge in [0.25, 0.3) is 0 Å². The third-order valence-electron chi connectivity index (χ3n) is 4.38. The van der Waals surface area contributed by atoms with E-state index in [4.69, 9.17) is 18.0 Å². The van der Waals surface area contributed by atoms with Crippen LogP contribution < -0.4 is 11.1 Å². The Hall–Kier alpha value is -1.42. The van der Waals surface area contributed by atoms with E-state index in [2.05, 4.69) is 12.2 Å². The number of amides is 1. The first-order valence-electron chi connectivity index (χ1n) is 7.78. The average molecular weight is 304 g/mol. The summed E-state index contributed by atoms with van der Waals surface area (Å²) in [6.45, 7) is 2.21. The molecular weight excluding hydrogens is 280 g/mol. The van der Waals surface area contributed by atoms with E-state index < -0.39 is 0 Å². The van der Waals surface area contributed by atoms with Crippen molar-refractivity contribution in [2.45, 2.75) is 51.5 Å². The van der Waals surface area contributed by atoms with E-state index in [1.165, 1.54) is 19.3 Å². The van der Waals surface area contributed by atoms with Crippen LogP contribution in [0.1, 0.15) is 50.2 Å². The van der Waals surface area contributed by atoms with Gasteiger partial charge in [0, 0.05) is 11.6 Å². The molecule has 3 N–H and O–H groups in total. The fourth-order valence-electron chi connectivity index (χ4n) is 3.12. The molecule has 21 heavy (non-hydrogen) atoms. The summed E-state index contributed by atoms with van der Waals surface area (Å²) in [6, 6.07) is 7.95. The Kier molecular flexibility index (Phi) is 5.74. The van der Waals surface area contributed by atoms with E-state index in [0.29, 0.717) is 23.4 Å². The maximum Gasteiger partial charge on any atom is 0.224 e. The molecule has 114 valence electrons. The first kappa shape index (κ1) is 16.0. The van der Waals surface area contributed by atoms with Crippen molar-refractivity contribution in [1.29, 1.82) is 0 Å². The molecule has 2 unspecified atom stereocenters. The highest BCUT2D eigenvalue weighted by Crippen LogP contribution is 2.26. The van der Waals surface area contributed by atoms with Crippen LogP contribution in [0, 0.1) is 5.92 Å². The normalized spacial score (nSPS) is 21.8. The maximum atomic E-state index is 12.2. The van der Waals surface area contributed by atoms with Crippen LogP contribution in [0.25, 0.3) is 0 Å². The maximum absolute atomic E-state index is 12.2. The number of carbonyl (C=O) groups is 1. The zero-order chi connectivity index (χ0) is 15.2. The predicted molar refractivity (Wildman–Crippen MR) is 90.2 cm³/mol. The van der Waals surface area contributed by atoms with Crippen molar-refractivity contribution in [2.75, 3.05) is 0 Å². The summed E-state index contributed by atoms with van der Waals surface area (Å²) in [7, 11) is 0. The van der Waals surface area contributed by atoms with Gasteiger partial charge < -0.3 is 11.1 Å². The van der Waals surface area contributed by atoms with Gasteiger partial charge in [0.05, 0.1) is 6.42 Å². The molecule has 0 aliphatic heterocycles. The van der Waals surface area contributed by atoms with Crippen LogP contribution in [0.2, 0.25) is 0 Å². The van der Waals surface area contributed by atoms with Crippen LogP contribution in [-0.4, -0.2) is 16.9 Å². The number of nitrogens with one attached hydrogen (secondary N) is 1. The molecule has 1 saturated carbocycles. The Balaban J connectivity index is 1.90. The first-order chi connectivity index (χ1) is 10.1. The van der Waals surface area contributed by atoms with Crippen LogP contribution in [0.3, 0.4) is 0 Å². The highest BCUT2D eigenvalue weighted by atomic mass is 32.1. The van der Waals surface area contributed by atoms with E-state index in [1.807, 2.05) is 24.3 Å². The molecule has 2 rings (SSSR count). The standard InChI is InChI=1S/C17H24N2OS/c1-2-13-5-3-4-6-15(13)19-16(20)11-12-7-9-14(10-8-12)17(18)21/h7-10,13,15H,2-6,11H2,1H3,(H2,18,21)(H,19,20). The predicted octanol–water partition coefficient (Wildman–Crippen LogP) is 2.95. The smallest absolute Gasteiger partial charge is 0.224 e. The molecule has 1 amide bonds. The van der Waals surface area contributed by atoms with E-state index in [-0.39, 0.29) is 5.91 Å². The van der Waals surface area contributed by atoms with Crippen molar-refractivity contribution in [2.24, 2.45) is 11.7 Å². The second-order valence-corrected chi connectivity index (χ2v) is 6.30. The minimum atomic E-state index is 0.114. The van der Waals surface area contributed by atoms with Gasteiger partial charge in [-0.3, -0.25) is 4.79 Å². The highest BCUT2D eigenvalue weighted by molar-refractivity contribution is 7.80. The van der Waals surface area contributed by atoms with Gasteiger partial charge in [-0.1, -0.05) is 62.7 Å². The number of benzene rings is 1. The molecule has 0 aromatic heterocycles. The van der Waals surface area contributed by atoms with Crippen molar-refractivity contribution < 1.29 is 4.79 Å². The second kappa shape index (κ2) is 7.55. The molecule has 0 radical (unpaired) electrons. The van der Waals surface area contributed by atoms with Crippen LogP contribution in [0.5, 0.6) is 0 Å². The Morgan fingerprint density at radius 1 is 1.29 bits per heavy atom. The number of nitrogens with two attached hydrogens (primary N) is 1. The summed E-state index contributed by atoms with van der Waals surface area (Å²) in [5, 5.41) is 3.22. The summed E-state index contributed by atoms with van der Waals surface area (Å²) >= 11 is 4.93. The van der Waals surface area contributed by atoms with E-state index in [1.54, 1.807) is 0 Å². The molecule has 1 fully saturated rings. The lowest BCUT2D eigenvalue weighted by molar-refractivity contribution is -0.121. The Morgan fingerprint density at radius 2 is 1.95 bits per heavy atom. The topological polar surface area (TPSA) is 55.1 Å². The van der Waals surface area contributed by atoms with Gasteiger partial charge in [-0.15, -0.1) is 0 Å². The fraction of sp³-hybridized carbons (Fsp3) is 0.529. The van der Waals surface area contributed by atoms with Crippen molar-refractivity contribution in [3.05, 3.63) is 35.4 Å². The third kappa shape index (κ3) is 4.53. The third-order valence-corrected chi connectivity index (χ3v) is 4.62. The van der Waals surface area contributed by atoms with E-state index >= 15 is 0 Å². The summed E-state index contributed by atoms with van der Waals surface area (Å²) < 4.78 is 0. The lowest BCUT2D eigenvalue weighted by atomic mass is 9.83.